The van der Waals surface area contributed by atoms with Crippen LogP contribution in [0.4, 0.5) is 0 Å². The van der Waals surface area contributed by atoms with Crippen molar-refractivity contribution in [3.05, 3.63) is 65.9 Å². The average Bonchev–Trinajstić information content (AvgIpc) is 3.07. The first-order valence-corrected chi connectivity index (χ1v) is 7.20. The van der Waals surface area contributed by atoms with Gasteiger partial charge in [0, 0.05) is 22.8 Å². The molecule has 0 atom stereocenters. The second-order valence-corrected chi connectivity index (χ2v) is 5.11. The first-order valence-electron chi connectivity index (χ1n) is 7.20. The average molecular weight is 308 g/mol. The van der Waals surface area contributed by atoms with Gasteiger partial charge in [-0.3, -0.25) is 9.59 Å². The van der Waals surface area contributed by atoms with Crippen molar-refractivity contribution in [3.8, 4) is 5.75 Å². The third-order valence-corrected chi connectivity index (χ3v) is 3.64. The summed E-state index contributed by atoms with van der Waals surface area (Å²) in [5.74, 6) is 0.259. The van der Waals surface area contributed by atoms with Crippen LogP contribution in [0, 0.1) is 0 Å². The van der Waals surface area contributed by atoms with E-state index in [1.54, 1.807) is 43.5 Å². The van der Waals surface area contributed by atoms with Gasteiger partial charge in [-0.2, -0.15) is 0 Å². The highest BCUT2D eigenvalue weighted by molar-refractivity contribution is 6.03. The molecule has 0 aliphatic heterocycles. The fourth-order valence-corrected chi connectivity index (χ4v) is 2.33. The highest BCUT2D eigenvalue weighted by Crippen LogP contribution is 2.14. The normalized spacial score (nSPS) is 10.5. The van der Waals surface area contributed by atoms with Gasteiger partial charge in [-0.05, 0) is 47.9 Å². The van der Waals surface area contributed by atoms with Crippen molar-refractivity contribution in [3.63, 3.8) is 0 Å². The van der Waals surface area contributed by atoms with Gasteiger partial charge >= 0.3 is 0 Å². The highest BCUT2D eigenvalue weighted by atomic mass is 16.5. The van der Waals surface area contributed by atoms with Crippen molar-refractivity contribution in [2.45, 2.75) is 0 Å². The zero-order chi connectivity index (χ0) is 16.2. The van der Waals surface area contributed by atoms with Crippen LogP contribution in [0.25, 0.3) is 10.9 Å². The zero-order valence-corrected chi connectivity index (χ0v) is 12.6. The van der Waals surface area contributed by atoms with Crippen LogP contribution >= 0.6 is 0 Å². The Morgan fingerprint density at radius 2 is 1.78 bits per heavy atom. The first-order chi connectivity index (χ1) is 11.2. The molecular weight excluding hydrogens is 292 g/mol. The molecule has 1 amide bonds. The van der Waals surface area contributed by atoms with Crippen molar-refractivity contribution in [2.75, 3.05) is 13.7 Å². The SMILES string of the molecule is COc1ccc(C(=O)CNC(=O)c2ccc3cc[nH]c3c2)cc1. The third-order valence-electron chi connectivity index (χ3n) is 3.64. The summed E-state index contributed by atoms with van der Waals surface area (Å²) in [7, 11) is 1.57. The van der Waals surface area contributed by atoms with Crippen molar-refractivity contribution in [2.24, 2.45) is 0 Å². The summed E-state index contributed by atoms with van der Waals surface area (Å²) in [4.78, 5) is 27.3. The predicted octanol–water partition coefficient (Wildman–Crippen LogP) is 2.79. The van der Waals surface area contributed by atoms with Gasteiger partial charge in [0.15, 0.2) is 5.78 Å². The lowest BCUT2D eigenvalue weighted by Crippen LogP contribution is -2.29. The van der Waals surface area contributed by atoms with Crippen LogP contribution in [0.15, 0.2) is 54.7 Å². The first kappa shape index (κ1) is 14.8. The van der Waals surface area contributed by atoms with E-state index in [0.717, 1.165) is 10.9 Å². The van der Waals surface area contributed by atoms with Gasteiger partial charge in [-0.15, -0.1) is 0 Å². The number of Topliss-reactive ketones (excluding diaryl/α,β-unsaturated/α-hetero) is 1. The summed E-state index contributed by atoms with van der Waals surface area (Å²) in [6.45, 7) is -0.0477. The van der Waals surface area contributed by atoms with Gasteiger partial charge in [0.2, 0.25) is 0 Å². The van der Waals surface area contributed by atoms with E-state index in [4.69, 9.17) is 4.74 Å². The van der Waals surface area contributed by atoms with E-state index in [2.05, 4.69) is 10.3 Å². The summed E-state index contributed by atoms with van der Waals surface area (Å²) < 4.78 is 5.05. The number of hydrogen-bond acceptors (Lipinski definition) is 3. The Kier molecular flexibility index (Phi) is 4.10. The molecule has 0 saturated carbocycles. The molecule has 0 radical (unpaired) electrons. The van der Waals surface area contributed by atoms with Gasteiger partial charge in [0.05, 0.1) is 13.7 Å². The Labute approximate surface area is 133 Å². The summed E-state index contributed by atoms with van der Waals surface area (Å²) in [6, 6.07) is 14.1. The molecule has 0 saturated heterocycles. The summed E-state index contributed by atoms with van der Waals surface area (Å²) in [5, 5.41) is 3.69. The molecule has 0 unspecified atom stereocenters. The maximum atomic E-state index is 12.1. The number of ketones is 1. The molecule has 0 aliphatic carbocycles. The van der Waals surface area contributed by atoms with E-state index in [1.807, 2.05) is 18.3 Å². The molecule has 0 bridgehead atoms. The molecule has 3 aromatic rings. The summed E-state index contributed by atoms with van der Waals surface area (Å²) in [5.41, 5.74) is 1.94. The number of hydrogen-bond donors (Lipinski definition) is 2. The molecule has 116 valence electrons. The van der Waals surface area contributed by atoms with Gasteiger partial charge in [0.25, 0.3) is 5.91 Å². The number of ether oxygens (including phenoxy) is 1. The minimum Gasteiger partial charge on any atom is -0.497 e. The Hall–Kier alpha value is -3.08. The maximum absolute atomic E-state index is 12.1. The Morgan fingerprint density at radius 3 is 2.52 bits per heavy atom. The van der Waals surface area contributed by atoms with E-state index < -0.39 is 0 Å². The van der Waals surface area contributed by atoms with Crippen LogP contribution in [0.5, 0.6) is 5.75 Å². The number of benzene rings is 2. The molecular formula is C18H16N2O3. The van der Waals surface area contributed by atoms with Gasteiger partial charge in [-0.25, -0.2) is 0 Å². The van der Waals surface area contributed by atoms with Gasteiger partial charge < -0.3 is 15.0 Å². The standard InChI is InChI=1S/C18H16N2O3/c1-23-15-6-4-13(5-7-15)17(21)11-20-18(22)14-3-2-12-8-9-19-16(12)10-14/h2-10,19H,11H2,1H3,(H,20,22). The molecule has 5 nitrogen and oxygen atoms in total. The lowest BCUT2D eigenvalue weighted by Gasteiger charge is -2.06. The molecule has 1 aromatic heterocycles. The number of fused-ring (bicyclic) bond motifs is 1. The zero-order valence-electron chi connectivity index (χ0n) is 12.6. The lowest BCUT2D eigenvalue weighted by atomic mass is 10.1. The van der Waals surface area contributed by atoms with Crippen LogP contribution in [0.2, 0.25) is 0 Å². The second-order valence-electron chi connectivity index (χ2n) is 5.11. The lowest BCUT2D eigenvalue weighted by molar-refractivity contribution is 0.0904. The Morgan fingerprint density at radius 1 is 1.04 bits per heavy atom. The number of amides is 1. The van der Waals surface area contributed by atoms with Crippen molar-refractivity contribution < 1.29 is 14.3 Å². The number of carbonyl (C=O) groups excluding carboxylic acids is 2. The molecule has 1 heterocycles. The molecule has 0 spiro atoms. The summed E-state index contributed by atoms with van der Waals surface area (Å²) in [6.07, 6.45) is 1.82. The third kappa shape index (κ3) is 3.23. The largest absolute Gasteiger partial charge is 0.497 e. The van der Waals surface area contributed by atoms with E-state index >= 15 is 0 Å². The van der Waals surface area contributed by atoms with Crippen LogP contribution in [-0.2, 0) is 0 Å². The van der Waals surface area contributed by atoms with Crippen molar-refractivity contribution in [1.29, 1.82) is 0 Å². The number of aromatic nitrogens is 1. The minimum absolute atomic E-state index is 0.0477. The van der Waals surface area contributed by atoms with E-state index in [0.29, 0.717) is 16.9 Å². The topological polar surface area (TPSA) is 71.2 Å². The van der Waals surface area contributed by atoms with E-state index in [-0.39, 0.29) is 18.2 Å². The Balaban J connectivity index is 1.64. The quantitative estimate of drug-likeness (QED) is 0.712. The molecule has 23 heavy (non-hydrogen) atoms. The van der Waals surface area contributed by atoms with Crippen LogP contribution in [0.3, 0.4) is 0 Å². The van der Waals surface area contributed by atoms with Crippen LogP contribution in [0.1, 0.15) is 20.7 Å². The number of aromatic amines is 1. The predicted molar refractivity (Wildman–Crippen MR) is 88.0 cm³/mol. The number of H-pyrrole nitrogens is 1. The van der Waals surface area contributed by atoms with Crippen molar-refractivity contribution >= 4 is 22.6 Å². The Bertz CT molecular complexity index is 850. The molecule has 5 heteroatoms. The van der Waals surface area contributed by atoms with E-state index in [9.17, 15) is 9.59 Å². The molecule has 0 aliphatic rings. The molecule has 2 aromatic carbocycles. The fourth-order valence-electron chi connectivity index (χ4n) is 2.33. The number of rotatable bonds is 5. The van der Waals surface area contributed by atoms with Crippen LogP contribution < -0.4 is 10.1 Å². The van der Waals surface area contributed by atoms with Crippen molar-refractivity contribution in [1.82, 2.24) is 10.3 Å². The maximum Gasteiger partial charge on any atom is 0.251 e. The molecule has 3 rings (SSSR count). The highest BCUT2D eigenvalue weighted by Gasteiger charge is 2.10. The number of nitrogens with one attached hydrogen (secondary N) is 2. The second kappa shape index (κ2) is 6.36. The molecule has 2 N–H and O–H groups in total. The molecule has 0 fully saturated rings. The minimum atomic E-state index is -0.275. The van der Waals surface area contributed by atoms with Gasteiger partial charge in [0.1, 0.15) is 5.75 Å². The number of carbonyl (C=O) groups is 2. The van der Waals surface area contributed by atoms with Crippen LogP contribution in [-0.4, -0.2) is 30.3 Å². The fraction of sp³-hybridized carbons (Fsp3) is 0.111. The summed E-state index contributed by atoms with van der Waals surface area (Å²) >= 11 is 0. The number of methoxy groups -OCH3 is 1. The van der Waals surface area contributed by atoms with Gasteiger partial charge in [-0.1, -0.05) is 6.07 Å². The van der Waals surface area contributed by atoms with E-state index in [1.165, 1.54) is 0 Å². The smallest absolute Gasteiger partial charge is 0.251 e. The monoisotopic (exact) mass is 308 g/mol.